The van der Waals surface area contributed by atoms with E-state index in [0.717, 1.165) is 11.2 Å². The van der Waals surface area contributed by atoms with Gasteiger partial charge in [0.15, 0.2) is 0 Å². The Kier molecular flexibility index (Phi) is 4.35. The van der Waals surface area contributed by atoms with Crippen LogP contribution in [0.2, 0.25) is 0 Å². The number of methoxy groups -OCH3 is 1. The van der Waals surface area contributed by atoms with Crippen molar-refractivity contribution in [2.24, 2.45) is 0 Å². The lowest BCUT2D eigenvalue weighted by molar-refractivity contribution is 0.358. The molecular formula is C11H13BO3. The molecule has 3 nitrogen and oxygen atoms in total. The van der Waals surface area contributed by atoms with Crippen LogP contribution in [0.25, 0.3) is 0 Å². The van der Waals surface area contributed by atoms with Crippen LogP contribution in [-0.2, 0) is 9.31 Å². The van der Waals surface area contributed by atoms with Gasteiger partial charge in [0.1, 0.15) is 5.75 Å². The topological polar surface area (TPSA) is 27.7 Å². The van der Waals surface area contributed by atoms with E-state index in [1.807, 2.05) is 24.3 Å². The summed E-state index contributed by atoms with van der Waals surface area (Å²) < 4.78 is 15.5. The molecule has 78 valence electrons. The third kappa shape index (κ3) is 3.09. The van der Waals surface area contributed by atoms with Crippen LogP contribution in [0, 0.1) is 0 Å². The quantitative estimate of drug-likeness (QED) is 0.521. The van der Waals surface area contributed by atoms with Gasteiger partial charge in [-0.1, -0.05) is 25.3 Å². The van der Waals surface area contributed by atoms with Crippen molar-refractivity contribution in [2.45, 2.75) is 0 Å². The van der Waals surface area contributed by atoms with Crippen molar-refractivity contribution in [3.8, 4) is 5.75 Å². The van der Waals surface area contributed by atoms with Gasteiger partial charge in [0, 0.05) is 5.46 Å². The Morgan fingerprint density at radius 3 is 2.40 bits per heavy atom. The van der Waals surface area contributed by atoms with Gasteiger partial charge in [0.2, 0.25) is 0 Å². The molecule has 0 atom stereocenters. The molecule has 0 unspecified atom stereocenters. The largest absolute Gasteiger partial charge is 0.631 e. The number of benzene rings is 1. The van der Waals surface area contributed by atoms with Crippen LogP contribution in [0.5, 0.6) is 5.75 Å². The molecule has 1 aromatic carbocycles. The van der Waals surface area contributed by atoms with Gasteiger partial charge in [-0.25, -0.2) is 0 Å². The van der Waals surface area contributed by atoms with E-state index >= 15 is 0 Å². The Hall–Kier alpha value is -1.84. The zero-order chi connectivity index (χ0) is 11.1. The molecule has 0 bridgehead atoms. The van der Waals surface area contributed by atoms with Crippen molar-refractivity contribution in [1.29, 1.82) is 0 Å². The third-order valence-electron chi connectivity index (χ3n) is 1.81. The molecule has 0 amide bonds. The molecule has 0 aliphatic rings. The van der Waals surface area contributed by atoms with Gasteiger partial charge >= 0.3 is 7.12 Å². The monoisotopic (exact) mass is 204 g/mol. The van der Waals surface area contributed by atoms with Gasteiger partial charge in [0.25, 0.3) is 0 Å². The Morgan fingerprint density at radius 1 is 1.20 bits per heavy atom. The molecule has 15 heavy (non-hydrogen) atoms. The highest BCUT2D eigenvalue weighted by Crippen LogP contribution is 2.07. The van der Waals surface area contributed by atoms with Crippen molar-refractivity contribution in [3.63, 3.8) is 0 Å². The first-order chi connectivity index (χ1) is 7.31. The summed E-state index contributed by atoms with van der Waals surface area (Å²) in [5, 5.41) is 0. The van der Waals surface area contributed by atoms with E-state index in [-0.39, 0.29) is 0 Å². The van der Waals surface area contributed by atoms with Crippen LogP contribution >= 0.6 is 0 Å². The van der Waals surface area contributed by atoms with E-state index in [2.05, 4.69) is 13.2 Å². The second-order valence-electron chi connectivity index (χ2n) is 2.71. The second kappa shape index (κ2) is 5.80. The van der Waals surface area contributed by atoms with Gasteiger partial charge in [0.05, 0.1) is 19.6 Å². The van der Waals surface area contributed by atoms with E-state index in [0.29, 0.717) is 0 Å². The molecule has 1 aromatic rings. The highest BCUT2D eigenvalue weighted by molar-refractivity contribution is 6.61. The van der Waals surface area contributed by atoms with E-state index in [9.17, 15) is 0 Å². The Balaban J connectivity index is 2.88. The normalized spacial score (nSPS) is 8.87. The molecule has 0 aliphatic heterocycles. The Morgan fingerprint density at radius 2 is 1.87 bits per heavy atom. The first-order valence-corrected chi connectivity index (χ1v) is 4.48. The van der Waals surface area contributed by atoms with E-state index in [4.69, 9.17) is 14.0 Å². The zero-order valence-electron chi connectivity index (χ0n) is 8.68. The zero-order valence-corrected chi connectivity index (χ0v) is 8.68. The highest BCUT2D eigenvalue weighted by atomic mass is 16.6. The summed E-state index contributed by atoms with van der Waals surface area (Å²) in [5.74, 6) is 0.748. The van der Waals surface area contributed by atoms with Crippen molar-refractivity contribution in [1.82, 2.24) is 0 Å². The lowest BCUT2D eigenvalue weighted by Crippen LogP contribution is -2.33. The van der Waals surface area contributed by atoms with Crippen molar-refractivity contribution < 1.29 is 14.0 Å². The predicted octanol–water partition coefficient (Wildman–Crippen LogP) is 1.71. The summed E-state index contributed by atoms with van der Waals surface area (Å²) in [4.78, 5) is 0. The average Bonchev–Trinajstić information content (AvgIpc) is 2.29. The van der Waals surface area contributed by atoms with E-state index < -0.39 is 7.12 Å². The van der Waals surface area contributed by atoms with Crippen LogP contribution in [0.15, 0.2) is 49.9 Å². The molecule has 0 aromatic heterocycles. The Labute approximate surface area is 90.1 Å². The molecule has 0 fully saturated rings. The summed E-state index contributed by atoms with van der Waals surface area (Å²) in [6.45, 7) is 6.97. The standard InChI is InChI=1S/C11H13BO3/c1-4-14-12(15-5-2)10-7-6-8-11(9-10)13-3/h4-9H,1-2H2,3H3. The van der Waals surface area contributed by atoms with Gasteiger partial charge in [-0.3, -0.25) is 0 Å². The number of hydrogen-bond donors (Lipinski definition) is 0. The maximum absolute atomic E-state index is 5.18. The minimum absolute atomic E-state index is 0.532. The first kappa shape index (κ1) is 11.2. The summed E-state index contributed by atoms with van der Waals surface area (Å²) in [5.41, 5.74) is 0.842. The molecule has 0 spiro atoms. The third-order valence-corrected chi connectivity index (χ3v) is 1.81. The molecule has 1 rings (SSSR count). The average molecular weight is 204 g/mol. The Bertz CT molecular complexity index is 328. The fourth-order valence-corrected chi connectivity index (χ4v) is 1.15. The summed E-state index contributed by atoms with van der Waals surface area (Å²) in [7, 11) is 1.08. The van der Waals surface area contributed by atoms with E-state index in [1.54, 1.807) is 7.11 Å². The maximum Gasteiger partial charge on any atom is 0.631 e. The highest BCUT2D eigenvalue weighted by Gasteiger charge is 2.23. The smallest absolute Gasteiger partial charge is 0.529 e. The van der Waals surface area contributed by atoms with Crippen LogP contribution in [0.3, 0.4) is 0 Å². The lowest BCUT2D eigenvalue weighted by Gasteiger charge is -2.11. The SMILES string of the molecule is C=COB(OC=C)c1cccc(OC)c1. The van der Waals surface area contributed by atoms with E-state index in [1.165, 1.54) is 12.5 Å². The summed E-state index contributed by atoms with van der Waals surface area (Å²) in [6, 6.07) is 7.42. The first-order valence-electron chi connectivity index (χ1n) is 4.48. The van der Waals surface area contributed by atoms with Crippen LogP contribution in [-0.4, -0.2) is 14.2 Å². The number of ether oxygens (including phenoxy) is 1. The molecule has 4 heteroatoms. The van der Waals surface area contributed by atoms with Gasteiger partial charge in [-0.15, -0.1) is 0 Å². The fraction of sp³-hybridized carbons (Fsp3) is 0.0909. The van der Waals surface area contributed by atoms with Gasteiger partial charge < -0.3 is 14.0 Å². The molecule has 0 saturated heterocycles. The predicted molar refractivity (Wildman–Crippen MR) is 60.9 cm³/mol. The number of hydrogen-bond acceptors (Lipinski definition) is 3. The van der Waals surface area contributed by atoms with Crippen molar-refractivity contribution in [2.75, 3.05) is 7.11 Å². The summed E-state index contributed by atoms with van der Waals surface area (Å²) >= 11 is 0. The molecule has 0 saturated carbocycles. The molecule has 0 radical (unpaired) electrons. The molecule has 0 N–H and O–H groups in total. The van der Waals surface area contributed by atoms with Crippen LogP contribution < -0.4 is 10.2 Å². The van der Waals surface area contributed by atoms with Gasteiger partial charge in [-0.05, 0) is 12.1 Å². The minimum Gasteiger partial charge on any atom is -0.529 e. The fourth-order valence-electron chi connectivity index (χ4n) is 1.15. The van der Waals surface area contributed by atoms with Crippen LogP contribution in [0.4, 0.5) is 0 Å². The van der Waals surface area contributed by atoms with Crippen LogP contribution in [0.1, 0.15) is 0 Å². The second-order valence-corrected chi connectivity index (χ2v) is 2.71. The van der Waals surface area contributed by atoms with Crippen molar-refractivity contribution in [3.05, 3.63) is 49.9 Å². The molecule has 0 aliphatic carbocycles. The molecule has 0 heterocycles. The minimum atomic E-state index is -0.532. The number of rotatable bonds is 6. The van der Waals surface area contributed by atoms with Crippen molar-refractivity contribution >= 4 is 12.6 Å². The van der Waals surface area contributed by atoms with Gasteiger partial charge in [-0.2, -0.15) is 0 Å². The molecular weight excluding hydrogens is 191 g/mol. The lowest BCUT2D eigenvalue weighted by atomic mass is 9.79. The summed E-state index contributed by atoms with van der Waals surface area (Å²) in [6.07, 6.45) is 2.65. The maximum atomic E-state index is 5.18.